The van der Waals surface area contributed by atoms with E-state index in [9.17, 15) is 9.90 Å². The van der Waals surface area contributed by atoms with Crippen LogP contribution in [-0.4, -0.2) is 22.5 Å². The smallest absolute Gasteiger partial charge is 0.253 e. The minimum absolute atomic E-state index is 0.0632. The van der Waals surface area contributed by atoms with E-state index in [-0.39, 0.29) is 12.5 Å². The predicted octanol–water partition coefficient (Wildman–Crippen LogP) is 1.62. The summed E-state index contributed by atoms with van der Waals surface area (Å²) in [6, 6.07) is 6.75. The lowest BCUT2D eigenvalue weighted by Gasteiger charge is -2.21. The van der Waals surface area contributed by atoms with Gasteiger partial charge in [0, 0.05) is 11.9 Å². The largest absolute Gasteiger partial charge is 0.466 e. The molecule has 0 bridgehead atoms. The van der Waals surface area contributed by atoms with Crippen LogP contribution in [0.5, 0.6) is 0 Å². The lowest BCUT2D eigenvalue weighted by molar-refractivity contribution is 0.0330. The molecular weight excluding hydrogens is 244 g/mol. The molecule has 1 unspecified atom stereocenters. The van der Waals surface area contributed by atoms with Crippen molar-refractivity contribution in [3.8, 4) is 0 Å². The quantitative estimate of drug-likeness (QED) is 0.876. The average Bonchev–Trinajstić information content (AvgIpc) is 2.91. The van der Waals surface area contributed by atoms with Crippen LogP contribution in [0.4, 0.5) is 0 Å². The zero-order valence-corrected chi connectivity index (χ0v) is 10.9. The Morgan fingerprint density at radius 3 is 2.89 bits per heavy atom. The second-order valence-corrected chi connectivity index (χ2v) is 4.57. The highest BCUT2D eigenvalue weighted by atomic mass is 16.4. The third-order valence-corrected chi connectivity index (χ3v) is 2.90. The molecule has 0 radical (unpaired) electrons. The summed E-state index contributed by atoms with van der Waals surface area (Å²) in [5, 5.41) is 12.9. The summed E-state index contributed by atoms with van der Waals surface area (Å²) in [5.74, 6) is 0.146. The third-order valence-electron chi connectivity index (χ3n) is 2.90. The first-order valence-corrected chi connectivity index (χ1v) is 5.97. The number of hydrogen-bond donors (Lipinski definition) is 2. The first-order chi connectivity index (χ1) is 9.00. The van der Waals surface area contributed by atoms with Crippen LogP contribution < -0.4 is 5.32 Å². The van der Waals surface area contributed by atoms with Gasteiger partial charge in [-0.15, -0.1) is 0 Å². The number of furan rings is 1. The van der Waals surface area contributed by atoms with Gasteiger partial charge in [-0.05, 0) is 38.1 Å². The summed E-state index contributed by atoms with van der Waals surface area (Å²) >= 11 is 0. The van der Waals surface area contributed by atoms with Gasteiger partial charge in [-0.3, -0.25) is 9.78 Å². The van der Waals surface area contributed by atoms with Crippen molar-refractivity contribution in [1.82, 2.24) is 10.3 Å². The second-order valence-electron chi connectivity index (χ2n) is 4.57. The van der Waals surface area contributed by atoms with Crippen LogP contribution in [0.1, 0.15) is 28.7 Å². The minimum Gasteiger partial charge on any atom is -0.466 e. The molecule has 0 aromatic carbocycles. The van der Waals surface area contributed by atoms with Crippen LogP contribution in [0.3, 0.4) is 0 Å². The molecule has 5 nitrogen and oxygen atoms in total. The Morgan fingerprint density at radius 2 is 2.26 bits per heavy atom. The number of amides is 1. The molecule has 0 aliphatic rings. The maximum Gasteiger partial charge on any atom is 0.253 e. The topological polar surface area (TPSA) is 75.4 Å². The lowest BCUT2D eigenvalue weighted by Crippen LogP contribution is -2.38. The maximum atomic E-state index is 12.0. The van der Waals surface area contributed by atoms with Crippen molar-refractivity contribution in [2.24, 2.45) is 0 Å². The number of carbonyl (C=O) groups excluding carboxylic acids is 1. The molecule has 2 N–H and O–H groups in total. The number of aryl methyl sites for hydroxylation is 1. The van der Waals surface area contributed by atoms with Crippen LogP contribution >= 0.6 is 0 Å². The Labute approximate surface area is 111 Å². The van der Waals surface area contributed by atoms with Gasteiger partial charge < -0.3 is 14.8 Å². The van der Waals surface area contributed by atoms with Crippen molar-refractivity contribution in [3.05, 3.63) is 53.7 Å². The van der Waals surface area contributed by atoms with E-state index in [2.05, 4.69) is 10.3 Å². The Bertz CT molecular complexity index is 562. The van der Waals surface area contributed by atoms with E-state index in [1.54, 1.807) is 44.3 Å². The van der Waals surface area contributed by atoms with Crippen LogP contribution in [0.25, 0.3) is 0 Å². The predicted molar refractivity (Wildman–Crippen MR) is 69.6 cm³/mol. The fraction of sp³-hybridized carbons (Fsp3) is 0.286. The van der Waals surface area contributed by atoms with E-state index < -0.39 is 5.60 Å². The molecule has 1 atom stereocenters. The molecule has 2 rings (SSSR count). The van der Waals surface area contributed by atoms with Gasteiger partial charge in [0.1, 0.15) is 11.4 Å². The van der Waals surface area contributed by atoms with Crippen LogP contribution in [0.2, 0.25) is 0 Å². The number of hydrogen-bond acceptors (Lipinski definition) is 4. The molecule has 0 saturated heterocycles. The lowest BCUT2D eigenvalue weighted by atomic mass is 10.0. The minimum atomic E-state index is -1.24. The molecule has 2 heterocycles. The maximum absolute atomic E-state index is 12.0. The standard InChI is InChI=1S/C14H16N2O3/c1-10-11(5-3-7-15-10)13(17)16-9-14(2,18)12-6-4-8-19-12/h3-8,18H,9H2,1-2H3,(H,16,17). The van der Waals surface area contributed by atoms with Crippen molar-refractivity contribution < 1.29 is 14.3 Å². The van der Waals surface area contributed by atoms with Gasteiger partial charge in [0.2, 0.25) is 0 Å². The normalized spacial score (nSPS) is 13.8. The summed E-state index contributed by atoms with van der Waals surface area (Å²) in [7, 11) is 0. The highest BCUT2D eigenvalue weighted by molar-refractivity contribution is 5.95. The van der Waals surface area contributed by atoms with Gasteiger partial charge in [-0.2, -0.15) is 0 Å². The fourth-order valence-electron chi connectivity index (χ4n) is 1.74. The third kappa shape index (κ3) is 3.00. The Hall–Kier alpha value is -2.14. The van der Waals surface area contributed by atoms with Crippen LogP contribution in [0, 0.1) is 6.92 Å². The monoisotopic (exact) mass is 260 g/mol. The van der Waals surface area contributed by atoms with Crippen LogP contribution in [0.15, 0.2) is 41.1 Å². The average molecular weight is 260 g/mol. The number of pyridine rings is 1. The molecule has 0 saturated carbocycles. The van der Waals surface area contributed by atoms with Crippen molar-refractivity contribution >= 4 is 5.91 Å². The Morgan fingerprint density at radius 1 is 1.47 bits per heavy atom. The first kappa shape index (κ1) is 13.3. The molecule has 1 amide bonds. The molecule has 0 aliphatic heterocycles. The fourth-order valence-corrected chi connectivity index (χ4v) is 1.74. The first-order valence-electron chi connectivity index (χ1n) is 5.97. The molecule has 0 spiro atoms. The molecule has 100 valence electrons. The highest BCUT2D eigenvalue weighted by Gasteiger charge is 2.27. The summed E-state index contributed by atoms with van der Waals surface area (Å²) in [6.07, 6.45) is 3.11. The Balaban J connectivity index is 2.03. The number of nitrogens with one attached hydrogen (secondary N) is 1. The summed E-state index contributed by atoms with van der Waals surface area (Å²) < 4.78 is 5.15. The van der Waals surface area contributed by atoms with Gasteiger partial charge in [0.25, 0.3) is 5.91 Å². The Kier molecular flexibility index (Phi) is 3.66. The van der Waals surface area contributed by atoms with Gasteiger partial charge in [0.15, 0.2) is 0 Å². The van der Waals surface area contributed by atoms with E-state index in [1.807, 2.05) is 0 Å². The number of aromatic nitrogens is 1. The van der Waals surface area contributed by atoms with Crippen molar-refractivity contribution in [3.63, 3.8) is 0 Å². The van der Waals surface area contributed by atoms with Gasteiger partial charge in [-0.1, -0.05) is 0 Å². The zero-order chi connectivity index (χ0) is 13.9. The van der Waals surface area contributed by atoms with Crippen molar-refractivity contribution in [2.75, 3.05) is 6.54 Å². The zero-order valence-electron chi connectivity index (χ0n) is 10.9. The van der Waals surface area contributed by atoms with E-state index in [4.69, 9.17) is 4.42 Å². The molecule has 0 fully saturated rings. The molecular formula is C14H16N2O3. The van der Waals surface area contributed by atoms with E-state index >= 15 is 0 Å². The number of aliphatic hydroxyl groups is 1. The summed E-state index contributed by atoms with van der Waals surface area (Å²) in [4.78, 5) is 16.0. The van der Waals surface area contributed by atoms with Gasteiger partial charge in [-0.25, -0.2) is 0 Å². The molecule has 19 heavy (non-hydrogen) atoms. The van der Waals surface area contributed by atoms with Crippen molar-refractivity contribution in [2.45, 2.75) is 19.4 Å². The molecule has 0 aliphatic carbocycles. The van der Waals surface area contributed by atoms with E-state index in [0.29, 0.717) is 17.0 Å². The number of nitrogens with zero attached hydrogens (tertiary/aromatic N) is 1. The number of carbonyl (C=O) groups is 1. The van der Waals surface area contributed by atoms with E-state index in [0.717, 1.165) is 0 Å². The number of rotatable bonds is 4. The summed E-state index contributed by atoms with van der Waals surface area (Å²) in [5.41, 5.74) is -0.0923. The SMILES string of the molecule is Cc1ncccc1C(=O)NCC(C)(O)c1ccco1. The molecule has 2 aromatic heterocycles. The highest BCUT2D eigenvalue weighted by Crippen LogP contribution is 2.19. The van der Waals surface area contributed by atoms with Gasteiger partial charge >= 0.3 is 0 Å². The second kappa shape index (κ2) is 5.24. The molecule has 5 heteroatoms. The van der Waals surface area contributed by atoms with Crippen molar-refractivity contribution in [1.29, 1.82) is 0 Å². The molecule has 2 aromatic rings. The van der Waals surface area contributed by atoms with Gasteiger partial charge in [0.05, 0.1) is 18.4 Å². The van der Waals surface area contributed by atoms with E-state index in [1.165, 1.54) is 6.26 Å². The summed E-state index contributed by atoms with van der Waals surface area (Å²) in [6.45, 7) is 3.41. The van der Waals surface area contributed by atoms with Crippen LogP contribution in [-0.2, 0) is 5.60 Å².